The number of carbonyl (C=O) groups is 2. The van der Waals surface area contributed by atoms with Crippen LogP contribution in [0.15, 0.2) is 97.2 Å². The van der Waals surface area contributed by atoms with Crippen LogP contribution in [0, 0.1) is 0 Å². The van der Waals surface area contributed by atoms with Gasteiger partial charge in [-0.1, -0.05) is 169 Å². The zero-order valence-corrected chi connectivity index (χ0v) is 38.7. The van der Waals surface area contributed by atoms with Gasteiger partial charge in [0.1, 0.15) is 43.2 Å². The van der Waals surface area contributed by atoms with Gasteiger partial charge in [0.05, 0.1) is 6.61 Å². The molecule has 0 aromatic heterocycles. The summed E-state index contributed by atoms with van der Waals surface area (Å²) in [4.78, 5) is 35.7. The molecule has 0 aliphatic heterocycles. The number of hydrogen-bond acceptors (Lipinski definition) is 12. The molecule has 0 heterocycles. The van der Waals surface area contributed by atoms with Crippen LogP contribution < -0.4 is 0 Å². The van der Waals surface area contributed by atoms with E-state index in [9.17, 15) is 44.6 Å². The monoisotopic (exact) mass is 907 g/mol. The van der Waals surface area contributed by atoms with Crippen LogP contribution in [0.25, 0.3) is 0 Å². The SMILES string of the molecule is CC/C=C/C=C/C=C/C=C/C=C/CCCC(=O)OC(COC(=O)CCCCCCCCCCCCC/C=C/C/C=C/C/C=C/CC)COP(=O)(O)OC1C(O)C(O)C(O)[C@H](O)C1O. The van der Waals surface area contributed by atoms with Gasteiger partial charge in [-0.05, 0) is 57.8 Å². The topological polar surface area (TPSA) is 210 Å². The number of aliphatic hydroxyl groups excluding tert-OH is 5. The lowest BCUT2D eigenvalue weighted by atomic mass is 9.85. The Morgan fingerprint density at radius 1 is 0.508 bits per heavy atom. The van der Waals surface area contributed by atoms with Crippen LogP contribution in [-0.2, 0) is 32.7 Å². The molecule has 7 unspecified atom stereocenters. The number of phosphoric ester groups is 1. The van der Waals surface area contributed by atoms with Crippen molar-refractivity contribution in [2.75, 3.05) is 13.2 Å². The van der Waals surface area contributed by atoms with E-state index in [4.69, 9.17) is 18.5 Å². The number of aliphatic hydroxyl groups is 5. The van der Waals surface area contributed by atoms with Gasteiger partial charge in [-0.25, -0.2) is 4.57 Å². The van der Waals surface area contributed by atoms with E-state index in [0.29, 0.717) is 19.3 Å². The van der Waals surface area contributed by atoms with Crippen molar-refractivity contribution >= 4 is 19.8 Å². The van der Waals surface area contributed by atoms with E-state index in [-0.39, 0.29) is 12.8 Å². The van der Waals surface area contributed by atoms with Crippen molar-refractivity contribution in [2.45, 2.75) is 185 Å². The fourth-order valence-electron chi connectivity index (χ4n) is 6.39. The molecular formula is C49H79O13P. The van der Waals surface area contributed by atoms with Gasteiger partial charge in [0.2, 0.25) is 0 Å². The Morgan fingerprint density at radius 2 is 0.952 bits per heavy atom. The Hall–Kier alpha value is -3.23. The normalized spacial score (nSPS) is 22.6. The summed E-state index contributed by atoms with van der Waals surface area (Å²) in [6.45, 7) is 2.96. The van der Waals surface area contributed by atoms with Crippen LogP contribution in [0.1, 0.15) is 142 Å². The van der Waals surface area contributed by atoms with Crippen molar-refractivity contribution in [1.82, 2.24) is 0 Å². The van der Waals surface area contributed by atoms with Gasteiger partial charge < -0.3 is 39.9 Å². The molecule has 0 amide bonds. The molecule has 14 heteroatoms. The number of unbranched alkanes of at least 4 members (excludes halogenated alkanes) is 12. The van der Waals surface area contributed by atoms with E-state index < -0.39 is 75.7 Å². The molecule has 13 nitrogen and oxygen atoms in total. The molecule has 0 spiro atoms. The zero-order valence-electron chi connectivity index (χ0n) is 37.8. The minimum absolute atomic E-state index is 0.00539. The maximum atomic E-state index is 12.8. The molecule has 1 aliphatic carbocycles. The molecule has 1 rings (SSSR count). The first-order valence-corrected chi connectivity index (χ1v) is 24.6. The molecule has 8 atom stereocenters. The smallest absolute Gasteiger partial charge is 0.462 e. The predicted octanol–water partition coefficient (Wildman–Crippen LogP) is 9.05. The van der Waals surface area contributed by atoms with Crippen LogP contribution in [0.3, 0.4) is 0 Å². The second kappa shape index (κ2) is 38.1. The average molecular weight is 907 g/mol. The summed E-state index contributed by atoms with van der Waals surface area (Å²) in [6.07, 6.45) is 37.7. The highest BCUT2D eigenvalue weighted by atomic mass is 31.2. The summed E-state index contributed by atoms with van der Waals surface area (Å²) >= 11 is 0. The third kappa shape index (κ3) is 30.5. The zero-order chi connectivity index (χ0) is 46.4. The van der Waals surface area contributed by atoms with Crippen molar-refractivity contribution in [3.63, 3.8) is 0 Å². The summed E-state index contributed by atoms with van der Waals surface area (Å²) in [7, 11) is -5.14. The van der Waals surface area contributed by atoms with E-state index >= 15 is 0 Å². The molecular weight excluding hydrogens is 828 g/mol. The van der Waals surface area contributed by atoms with E-state index in [1.165, 1.54) is 38.5 Å². The number of ether oxygens (including phenoxy) is 2. The Bertz CT molecular complexity index is 1470. The predicted molar refractivity (Wildman–Crippen MR) is 248 cm³/mol. The second-order valence-corrected chi connectivity index (χ2v) is 17.0. The van der Waals surface area contributed by atoms with Gasteiger partial charge in [0.15, 0.2) is 6.10 Å². The summed E-state index contributed by atoms with van der Waals surface area (Å²) in [5.41, 5.74) is 0. The summed E-state index contributed by atoms with van der Waals surface area (Å²) in [6, 6.07) is 0. The minimum Gasteiger partial charge on any atom is -0.462 e. The number of carbonyl (C=O) groups excluding carboxylic acids is 2. The molecule has 0 aromatic carbocycles. The molecule has 6 N–H and O–H groups in total. The molecule has 358 valence electrons. The molecule has 0 radical (unpaired) electrons. The quantitative estimate of drug-likeness (QED) is 0.0114. The number of rotatable bonds is 36. The highest BCUT2D eigenvalue weighted by molar-refractivity contribution is 7.47. The van der Waals surface area contributed by atoms with E-state index in [1.807, 2.05) is 54.7 Å². The highest BCUT2D eigenvalue weighted by Crippen LogP contribution is 2.47. The largest absolute Gasteiger partial charge is 0.472 e. The van der Waals surface area contributed by atoms with Gasteiger partial charge in [-0.3, -0.25) is 18.6 Å². The third-order valence-electron chi connectivity index (χ3n) is 10.0. The number of allylic oxidation sites excluding steroid dienone is 16. The van der Waals surface area contributed by atoms with Crippen molar-refractivity contribution in [3.05, 3.63) is 97.2 Å². The number of esters is 2. The van der Waals surface area contributed by atoms with Gasteiger partial charge >= 0.3 is 19.8 Å². The summed E-state index contributed by atoms with van der Waals surface area (Å²) < 4.78 is 33.4. The van der Waals surface area contributed by atoms with Gasteiger partial charge in [0, 0.05) is 12.8 Å². The van der Waals surface area contributed by atoms with E-state index in [0.717, 1.165) is 57.8 Å². The molecule has 0 saturated heterocycles. The number of phosphoric acid groups is 1. The van der Waals surface area contributed by atoms with Crippen molar-refractivity contribution < 1.29 is 63.1 Å². The molecule has 1 saturated carbocycles. The molecule has 1 fully saturated rings. The lowest BCUT2D eigenvalue weighted by Crippen LogP contribution is -2.64. The van der Waals surface area contributed by atoms with Crippen molar-refractivity contribution in [1.29, 1.82) is 0 Å². The molecule has 63 heavy (non-hydrogen) atoms. The van der Waals surface area contributed by atoms with Crippen LogP contribution in [0.2, 0.25) is 0 Å². The maximum absolute atomic E-state index is 12.8. The van der Waals surface area contributed by atoms with Crippen LogP contribution in [-0.4, -0.2) is 98.3 Å². The fourth-order valence-corrected chi connectivity index (χ4v) is 7.36. The first kappa shape index (κ1) is 57.8. The Morgan fingerprint density at radius 3 is 1.52 bits per heavy atom. The van der Waals surface area contributed by atoms with Crippen LogP contribution in [0.5, 0.6) is 0 Å². The fraction of sp³-hybridized carbons (Fsp3) is 0.633. The average Bonchev–Trinajstić information content (AvgIpc) is 3.26. The Labute approximate surface area is 377 Å². The molecule has 1 aliphatic rings. The van der Waals surface area contributed by atoms with Gasteiger partial charge in [-0.15, -0.1) is 0 Å². The highest BCUT2D eigenvalue weighted by Gasteiger charge is 2.51. The Balaban J connectivity index is 2.45. The lowest BCUT2D eigenvalue weighted by molar-refractivity contribution is -0.220. The first-order valence-electron chi connectivity index (χ1n) is 23.1. The van der Waals surface area contributed by atoms with Crippen molar-refractivity contribution in [2.24, 2.45) is 0 Å². The first-order chi connectivity index (χ1) is 30.4. The molecule has 0 bridgehead atoms. The minimum atomic E-state index is -5.14. The Kier molecular flexibility index (Phi) is 34.9. The van der Waals surface area contributed by atoms with Gasteiger partial charge in [0.25, 0.3) is 0 Å². The van der Waals surface area contributed by atoms with Crippen LogP contribution >= 0.6 is 7.82 Å². The number of hydrogen-bond donors (Lipinski definition) is 6. The van der Waals surface area contributed by atoms with Crippen molar-refractivity contribution in [3.8, 4) is 0 Å². The summed E-state index contributed by atoms with van der Waals surface area (Å²) in [5.74, 6) is -1.20. The maximum Gasteiger partial charge on any atom is 0.472 e. The third-order valence-corrected chi connectivity index (χ3v) is 11.0. The van der Waals surface area contributed by atoms with Gasteiger partial charge in [-0.2, -0.15) is 0 Å². The van der Waals surface area contributed by atoms with E-state index in [1.54, 1.807) is 0 Å². The molecule has 0 aromatic rings. The lowest BCUT2D eigenvalue weighted by Gasteiger charge is -2.41. The standard InChI is InChI=1S/C49H79O13P/c1-3-5-7-9-11-13-15-17-18-19-20-21-22-23-24-26-27-29-31-33-35-37-42(50)59-39-41(40-60-63(57,58)62-49-47(55)45(53)44(52)46(54)48(49)56)61-43(51)38-36-34-32-30-28-25-16-14-12-10-8-6-4-2/h5-8,10-14,16-18,25,28,30,32,41,44-49,52-56H,3-4,9,15,19-24,26-27,29,31,33-40H2,1-2H3,(H,57,58)/b7-5+,8-6+,12-10+,13-11+,16-14+,18-17+,28-25+,32-30+/t41?,44?,45-,46?,47?,48?,49?/m0/s1. The van der Waals surface area contributed by atoms with E-state index in [2.05, 4.69) is 56.4 Å². The second-order valence-electron chi connectivity index (χ2n) is 15.6. The van der Waals surface area contributed by atoms with Crippen LogP contribution in [0.4, 0.5) is 0 Å². The summed E-state index contributed by atoms with van der Waals surface area (Å²) in [5, 5.41) is 50.1.